The lowest BCUT2D eigenvalue weighted by atomic mass is 9.97. The first-order valence-electron chi connectivity index (χ1n) is 7.04. The van der Waals surface area contributed by atoms with Crippen LogP contribution in [-0.2, 0) is 0 Å². The fourth-order valence-electron chi connectivity index (χ4n) is 2.76. The molecule has 1 N–H and O–H groups in total. The van der Waals surface area contributed by atoms with E-state index < -0.39 is 5.82 Å². The van der Waals surface area contributed by atoms with Gasteiger partial charge in [-0.15, -0.1) is 12.4 Å². The molecule has 0 amide bonds. The number of benzene rings is 1. The number of nitrogens with zero attached hydrogens (tertiary/aromatic N) is 1. The minimum Gasteiger partial charge on any atom is -0.314 e. The van der Waals surface area contributed by atoms with Crippen molar-refractivity contribution in [1.29, 1.82) is 0 Å². The summed E-state index contributed by atoms with van der Waals surface area (Å²) in [4.78, 5) is 2.20. The summed E-state index contributed by atoms with van der Waals surface area (Å²) in [7, 11) is 0. The second-order valence-electron chi connectivity index (χ2n) is 5.18. The van der Waals surface area contributed by atoms with Crippen LogP contribution >= 0.6 is 12.4 Å². The van der Waals surface area contributed by atoms with Gasteiger partial charge in [0.05, 0.1) is 0 Å². The number of halogens is 3. The highest BCUT2D eigenvalue weighted by molar-refractivity contribution is 5.85. The molecule has 20 heavy (non-hydrogen) atoms. The van der Waals surface area contributed by atoms with Crippen molar-refractivity contribution in [3.63, 3.8) is 0 Å². The van der Waals surface area contributed by atoms with Gasteiger partial charge in [-0.25, -0.2) is 8.78 Å². The van der Waals surface area contributed by atoms with Crippen LogP contribution < -0.4 is 5.32 Å². The van der Waals surface area contributed by atoms with Crippen LogP contribution in [0.25, 0.3) is 0 Å². The lowest BCUT2D eigenvalue weighted by molar-refractivity contribution is 0.158. The number of aryl methyl sites for hydroxylation is 1. The molecule has 1 aromatic carbocycles. The van der Waals surface area contributed by atoms with E-state index in [1.807, 2.05) is 0 Å². The fraction of sp³-hybridized carbons (Fsp3) is 0.600. The van der Waals surface area contributed by atoms with Crippen LogP contribution in [0.3, 0.4) is 0 Å². The lowest BCUT2D eigenvalue weighted by Gasteiger charge is -2.35. The number of rotatable bonds is 4. The van der Waals surface area contributed by atoms with Crippen LogP contribution in [-0.4, -0.2) is 31.1 Å². The maximum absolute atomic E-state index is 14.3. The van der Waals surface area contributed by atoms with E-state index in [-0.39, 0.29) is 29.8 Å². The van der Waals surface area contributed by atoms with Crippen LogP contribution in [0.4, 0.5) is 8.78 Å². The van der Waals surface area contributed by atoms with Gasteiger partial charge in [0, 0.05) is 37.8 Å². The molecule has 1 aliphatic rings. The largest absolute Gasteiger partial charge is 0.314 e. The topological polar surface area (TPSA) is 15.3 Å². The van der Waals surface area contributed by atoms with Crippen molar-refractivity contribution in [2.24, 2.45) is 0 Å². The molecule has 0 bridgehead atoms. The molecule has 0 aliphatic carbocycles. The third-order valence-electron chi connectivity index (χ3n) is 3.81. The van der Waals surface area contributed by atoms with Gasteiger partial charge in [-0.3, -0.25) is 4.90 Å². The monoisotopic (exact) mass is 304 g/mol. The molecule has 0 unspecified atom stereocenters. The van der Waals surface area contributed by atoms with Crippen LogP contribution in [0.5, 0.6) is 0 Å². The average Bonchev–Trinajstić information content (AvgIpc) is 2.43. The molecule has 5 heteroatoms. The normalized spacial score (nSPS) is 17.6. The molecule has 2 nitrogen and oxygen atoms in total. The summed E-state index contributed by atoms with van der Waals surface area (Å²) in [5, 5.41) is 3.27. The van der Waals surface area contributed by atoms with Gasteiger partial charge in [-0.05, 0) is 25.0 Å². The predicted octanol–water partition coefficient (Wildman–Crippen LogP) is 3.44. The van der Waals surface area contributed by atoms with Crippen molar-refractivity contribution in [2.75, 3.05) is 26.2 Å². The molecule has 1 aromatic rings. The Bertz CT molecular complexity index is 434. The second-order valence-corrected chi connectivity index (χ2v) is 5.18. The van der Waals surface area contributed by atoms with Crippen molar-refractivity contribution < 1.29 is 8.78 Å². The first-order chi connectivity index (χ1) is 9.15. The Kier molecular flexibility index (Phi) is 6.86. The van der Waals surface area contributed by atoms with E-state index in [0.29, 0.717) is 5.56 Å². The Labute approximate surface area is 126 Å². The molecule has 0 saturated carbocycles. The van der Waals surface area contributed by atoms with Gasteiger partial charge >= 0.3 is 0 Å². The third kappa shape index (κ3) is 3.68. The van der Waals surface area contributed by atoms with E-state index >= 15 is 0 Å². The first-order valence-corrected chi connectivity index (χ1v) is 7.04. The van der Waals surface area contributed by atoms with Gasteiger partial charge in [0.1, 0.15) is 11.6 Å². The average molecular weight is 305 g/mol. The number of nitrogens with one attached hydrogen (secondary N) is 1. The molecule has 2 rings (SSSR count). The molecule has 1 aliphatic heterocycles. The van der Waals surface area contributed by atoms with E-state index in [0.717, 1.165) is 39.0 Å². The van der Waals surface area contributed by atoms with Crippen LogP contribution in [0.2, 0.25) is 0 Å². The van der Waals surface area contributed by atoms with E-state index in [9.17, 15) is 8.78 Å². The van der Waals surface area contributed by atoms with Crippen LogP contribution in [0.15, 0.2) is 12.1 Å². The van der Waals surface area contributed by atoms with Crippen molar-refractivity contribution in [3.05, 3.63) is 34.9 Å². The smallest absolute Gasteiger partial charge is 0.133 e. The number of hydrogen-bond donors (Lipinski definition) is 1. The quantitative estimate of drug-likeness (QED) is 0.916. The fourth-order valence-corrected chi connectivity index (χ4v) is 2.76. The number of piperazine rings is 1. The second kappa shape index (κ2) is 7.91. The Morgan fingerprint density at radius 1 is 1.25 bits per heavy atom. The molecule has 0 aromatic heterocycles. The Morgan fingerprint density at radius 2 is 1.90 bits per heavy atom. The van der Waals surface area contributed by atoms with Gasteiger partial charge in [-0.2, -0.15) is 0 Å². The lowest BCUT2D eigenvalue weighted by Crippen LogP contribution is -2.45. The summed E-state index contributed by atoms with van der Waals surface area (Å²) in [5.41, 5.74) is 0.774. The molecule has 114 valence electrons. The van der Waals surface area contributed by atoms with E-state index in [2.05, 4.69) is 17.1 Å². The maximum Gasteiger partial charge on any atom is 0.133 e. The standard InChI is InChI=1S/C15H22F2N2.ClH/c1-3-4-13(19-9-7-18-8-10-19)14-12(16)6-5-11(2)15(14)17;/h5-6,13,18H,3-4,7-10H2,1-2H3;1H/t13-;/m0./s1. The predicted molar refractivity (Wildman–Crippen MR) is 80.4 cm³/mol. The van der Waals surface area contributed by atoms with Gasteiger partial charge in [0.15, 0.2) is 0 Å². The number of hydrogen-bond acceptors (Lipinski definition) is 2. The zero-order chi connectivity index (χ0) is 13.8. The Hall–Kier alpha value is -0.710. The minimum absolute atomic E-state index is 0. The third-order valence-corrected chi connectivity index (χ3v) is 3.81. The van der Waals surface area contributed by atoms with E-state index in [4.69, 9.17) is 0 Å². The molecule has 1 heterocycles. The molecule has 1 saturated heterocycles. The molecule has 1 atom stereocenters. The maximum atomic E-state index is 14.3. The van der Waals surface area contributed by atoms with E-state index in [1.54, 1.807) is 6.92 Å². The molecular weight excluding hydrogens is 282 g/mol. The van der Waals surface area contributed by atoms with Gasteiger partial charge in [0.25, 0.3) is 0 Å². The van der Waals surface area contributed by atoms with Crippen LogP contribution in [0.1, 0.15) is 36.9 Å². The van der Waals surface area contributed by atoms with Crippen molar-refractivity contribution >= 4 is 12.4 Å². The summed E-state index contributed by atoms with van der Waals surface area (Å²) in [6.45, 7) is 7.21. The van der Waals surface area contributed by atoms with Gasteiger partial charge < -0.3 is 5.32 Å². The van der Waals surface area contributed by atoms with Crippen molar-refractivity contribution in [1.82, 2.24) is 10.2 Å². The van der Waals surface area contributed by atoms with Crippen molar-refractivity contribution in [3.8, 4) is 0 Å². The molecule has 0 spiro atoms. The Balaban J connectivity index is 0.00000200. The van der Waals surface area contributed by atoms with Crippen LogP contribution in [0, 0.1) is 18.6 Å². The first kappa shape index (κ1) is 17.3. The highest BCUT2D eigenvalue weighted by Crippen LogP contribution is 2.31. The van der Waals surface area contributed by atoms with E-state index in [1.165, 1.54) is 12.1 Å². The molecular formula is C15H23ClF2N2. The summed E-state index contributed by atoms with van der Waals surface area (Å²) < 4.78 is 28.4. The van der Waals surface area contributed by atoms with Gasteiger partial charge in [-0.1, -0.05) is 19.4 Å². The Morgan fingerprint density at radius 3 is 2.50 bits per heavy atom. The summed E-state index contributed by atoms with van der Waals surface area (Å²) in [6.07, 6.45) is 1.71. The summed E-state index contributed by atoms with van der Waals surface area (Å²) in [6, 6.07) is 2.75. The summed E-state index contributed by atoms with van der Waals surface area (Å²) >= 11 is 0. The van der Waals surface area contributed by atoms with Gasteiger partial charge in [0.2, 0.25) is 0 Å². The zero-order valence-corrected chi connectivity index (χ0v) is 12.9. The highest BCUT2D eigenvalue weighted by atomic mass is 35.5. The highest BCUT2D eigenvalue weighted by Gasteiger charge is 2.27. The summed E-state index contributed by atoms with van der Waals surface area (Å²) in [5.74, 6) is -0.794. The molecule has 1 fully saturated rings. The SMILES string of the molecule is CCC[C@@H](c1c(F)ccc(C)c1F)N1CCNCC1.Cl. The minimum atomic E-state index is -0.417. The molecule has 0 radical (unpaired) electrons. The zero-order valence-electron chi connectivity index (χ0n) is 12.1. The van der Waals surface area contributed by atoms with Crippen molar-refractivity contribution in [2.45, 2.75) is 32.7 Å².